The number of urea groups is 1. The van der Waals surface area contributed by atoms with Gasteiger partial charge in [-0.15, -0.1) is 11.3 Å². The molecule has 0 bridgehead atoms. The molecular formula is C14H14N2O5S. The third-order valence-electron chi connectivity index (χ3n) is 2.92. The number of rotatable bonds is 5. The van der Waals surface area contributed by atoms with E-state index >= 15 is 0 Å². The molecule has 2 aromatic heterocycles. The molecule has 0 aliphatic heterocycles. The van der Waals surface area contributed by atoms with E-state index < -0.39 is 23.9 Å². The van der Waals surface area contributed by atoms with Crippen molar-refractivity contribution >= 4 is 29.2 Å². The molecule has 22 heavy (non-hydrogen) atoms. The highest BCUT2D eigenvalue weighted by molar-refractivity contribution is 7.09. The SMILES string of the molecule is CN(C(=O)NC(Cc1cccs1)C(=O)O)C(=O)c1ccco1. The van der Waals surface area contributed by atoms with Crippen LogP contribution in [0, 0.1) is 0 Å². The number of nitrogens with one attached hydrogen (secondary N) is 1. The number of furan rings is 1. The zero-order valence-corrected chi connectivity index (χ0v) is 12.5. The summed E-state index contributed by atoms with van der Waals surface area (Å²) in [6.07, 6.45) is 1.47. The topological polar surface area (TPSA) is 99.9 Å². The fourth-order valence-electron chi connectivity index (χ4n) is 1.73. The van der Waals surface area contributed by atoms with Crippen molar-refractivity contribution in [3.05, 3.63) is 46.5 Å². The summed E-state index contributed by atoms with van der Waals surface area (Å²) in [5.41, 5.74) is 0. The van der Waals surface area contributed by atoms with E-state index in [1.165, 1.54) is 36.8 Å². The molecule has 1 unspecified atom stereocenters. The molecule has 3 amide bonds. The van der Waals surface area contributed by atoms with Crippen LogP contribution in [0.4, 0.5) is 4.79 Å². The van der Waals surface area contributed by atoms with Crippen LogP contribution in [0.15, 0.2) is 40.3 Å². The Kier molecular flexibility index (Phi) is 4.95. The molecule has 1 atom stereocenters. The van der Waals surface area contributed by atoms with E-state index in [1.807, 2.05) is 5.38 Å². The maximum Gasteiger partial charge on any atom is 0.326 e. The van der Waals surface area contributed by atoms with Crippen molar-refractivity contribution in [2.75, 3.05) is 7.05 Å². The van der Waals surface area contributed by atoms with Crippen molar-refractivity contribution in [2.45, 2.75) is 12.5 Å². The van der Waals surface area contributed by atoms with Crippen LogP contribution in [-0.4, -0.2) is 41.0 Å². The molecule has 2 heterocycles. The van der Waals surface area contributed by atoms with Gasteiger partial charge in [0, 0.05) is 18.3 Å². The van der Waals surface area contributed by atoms with Gasteiger partial charge in [-0.3, -0.25) is 9.69 Å². The van der Waals surface area contributed by atoms with Gasteiger partial charge < -0.3 is 14.8 Å². The monoisotopic (exact) mass is 322 g/mol. The van der Waals surface area contributed by atoms with Crippen molar-refractivity contribution < 1.29 is 23.9 Å². The maximum atomic E-state index is 12.0. The van der Waals surface area contributed by atoms with E-state index in [-0.39, 0.29) is 12.2 Å². The first-order chi connectivity index (χ1) is 10.5. The molecule has 0 spiro atoms. The number of carbonyl (C=O) groups excluding carboxylic acids is 2. The Labute approximate surface area is 130 Å². The molecular weight excluding hydrogens is 308 g/mol. The largest absolute Gasteiger partial charge is 0.480 e. The molecule has 0 radical (unpaired) electrons. The minimum absolute atomic E-state index is 0.00258. The van der Waals surface area contributed by atoms with E-state index in [9.17, 15) is 19.5 Å². The first-order valence-electron chi connectivity index (χ1n) is 6.36. The predicted octanol–water partition coefficient (Wildman–Crippen LogP) is 1.82. The van der Waals surface area contributed by atoms with Gasteiger partial charge in [0.2, 0.25) is 0 Å². The smallest absolute Gasteiger partial charge is 0.326 e. The summed E-state index contributed by atoms with van der Waals surface area (Å²) in [5.74, 6) is -1.81. The first kappa shape index (κ1) is 15.8. The lowest BCUT2D eigenvalue weighted by Gasteiger charge is -2.19. The van der Waals surface area contributed by atoms with Gasteiger partial charge in [-0.25, -0.2) is 9.59 Å². The van der Waals surface area contributed by atoms with Crippen molar-refractivity contribution in [1.82, 2.24) is 10.2 Å². The molecule has 0 aliphatic rings. The van der Waals surface area contributed by atoms with Gasteiger partial charge in [0.25, 0.3) is 5.91 Å². The normalized spacial score (nSPS) is 11.7. The molecule has 0 aromatic carbocycles. The van der Waals surface area contributed by atoms with Crippen molar-refractivity contribution in [1.29, 1.82) is 0 Å². The number of carboxylic acids is 1. The predicted molar refractivity (Wildman–Crippen MR) is 78.8 cm³/mol. The molecule has 2 rings (SSSR count). The Bertz CT molecular complexity index is 651. The third-order valence-corrected chi connectivity index (χ3v) is 3.82. The minimum Gasteiger partial charge on any atom is -0.480 e. The summed E-state index contributed by atoms with van der Waals surface area (Å²) < 4.78 is 4.92. The Morgan fingerprint density at radius 3 is 2.68 bits per heavy atom. The summed E-state index contributed by atoms with van der Waals surface area (Å²) in [4.78, 5) is 36.8. The van der Waals surface area contributed by atoms with E-state index in [1.54, 1.807) is 12.1 Å². The van der Waals surface area contributed by atoms with Gasteiger partial charge in [0.05, 0.1) is 6.26 Å². The number of aliphatic carboxylic acids is 1. The fraction of sp³-hybridized carbons (Fsp3) is 0.214. The fourth-order valence-corrected chi connectivity index (χ4v) is 2.49. The highest BCUT2D eigenvalue weighted by Gasteiger charge is 2.26. The van der Waals surface area contributed by atoms with Crippen LogP contribution < -0.4 is 5.32 Å². The van der Waals surface area contributed by atoms with Crippen molar-refractivity contribution in [3.63, 3.8) is 0 Å². The number of thiophene rings is 1. The van der Waals surface area contributed by atoms with Crippen LogP contribution in [0.1, 0.15) is 15.4 Å². The van der Waals surface area contributed by atoms with E-state index in [2.05, 4.69) is 5.32 Å². The Morgan fingerprint density at radius 2 is 2.14 bits per heavy atom. The Balaban J connectivity index is 2.01. The second-order valence-corrected chi connectivity index (χ2v) is 5.50. The summed E-state index contributed by atoms with van der Waals surface area (Å²) in [5, 5.41) is 13.3. The van der Waals surface area contributed by atoms with Gasteiger partial charge in [0.1, 0.15) is 6.04 Å². The van der Waals surface area contributed by atoms with Gasteiger partial charge in [0.15, 0.2) is 5.76 Å². The van der Waals surface area contributed by atoms with Gasteiger partial charge >= 0.3 is 12.0 Å². The van der Waals surface area contributed by atoms with E-state index in [0.29, 0.717) is 0 Å². The van der Waals surface area contributed by atoms with E-state index in [0.717, 1.165) is 9.78 Å². The number of amides is 3. The zero-order valence-electron chi connectivity index (χ0n) is 11.7. The van der Waals surface area contributed by atoms with Crippen LogP contribution >= 0.6 is 11.3 Å². The van der Waals surface area contributed by atoms with Crippen LogP contribution in [0.2, 0.25) is 0 Å². The summed E-state index contributed by atoms with van der Waals surface area (Å²) in [6, 6.07) is 4.61. The highest BCUT2D eigenvalue weighted by Crippen LogP contribution is 2.12. The lowest BCUT2D eigenvalue weighted by Crippen LogP contribution is -2.49. The lowest BCUT2D eigenvalue weighted by molar-refractivity contribution is -0.139. The first-order valence-corrected chi connectivity index (χ1v) is 7.24. The molecule has 0 saturated heterocycles. The molecule has 0 saturated carbocycles. The second-order valence-electron chi connectivity index (χ2n) is 4.47. The molecule has 7 nitrogen and oxygen atoms in total. The van der Waals surface area contributed by atoms with Gasteiger partial charge in [-0.1, -0.05) is 6.07 Å². The lowest BCUT2D eigenvalue weighted by atomic mass is 10.2. The average molecular weight is 322 g/mol. The number of hydrogen-bond donors (Lipinski definition) is 2. The molecule has 116 valence electrons. The molecule has 8 heteroatoms. The molecule has 2 aromatic rings. The summed E-state index contributed by atoms with van der Waals surface area (Å²) >= 11 is 1.40. The van der Waals surface area contributed by atoms with Crippen LogP contribution in [0.3, 0.4) is 0 Å². The summed E-state index contributed by atoms with van der Waals surface area (Å²) in [6.45, 7) is 0. The number of carboxylic acid groups (broad SMARTS) is 1. The second kappa shape index (κ2) is 6.90. The van der Waals surface area contributed by atoms with Gasteiger partial charge in [-0.2, -0.15) is 0 Å². The minimum atomic E-state index is -1.17. The maximum absolute atomic E-state index is 12.0. The summed E-state index contributed by atoms with van der Waals surface area (Å²) in [7, 11) is 1.25. The third kappa shape index (κ3) is 3.73. The van der Waals surface area contributed by atoms with E-state index in [4.69, 9.17) is 4.42 Å². The number of nitrogens with zero attached hydrogens (tertiary/aromatic N) is 1. The van der Waals surface area contributed by atoms with Crippen LogP contribution in [-0.2, 0) is 11.2 Å². The van der Waals surface area contributed by atoms with Crippen LogP contribution in [0.25, 0.3) is 0 Å². The number of imide groups is 1. The quantitative estimate of drug-likeness (QED) is 0.874. The molecule has 2 N–H and O–H groups in total. The van der Waals surface area contributed by atoms with Crippen molar-refractivity contribution in [3.8, 4) is 0 Å². The van der Waals surface area contributed by atoms with Gasteiger partial charge in [-0.05, 0) is 23.6 Å². The molecule has 0 fully saturated rings. The Hall–Kier alpha value is -2.61. The molecule has 0 aliphatic carbocycles. The number of carbonyl (C=O) groups is 3. The zero-order chi connectivity index (χ0) is 16.1. The Morgan fingerprint density at radius 1 is 1.36 bits per heavy atom. The van der Waals surface area contributed by atoms with Crippen LogP contribution in [0.5, 0.6) is 0 Å². The standard InChI is InChI=1S/C14H14N2O5S/c1-16(12(17)11-5-2-6-21-11)14(20)15-10(13(18)19)8-9-4-3-7-22-9/h2-7,10H,8H2,1H3,(H,15,20)(H,18,19). The number of hydrogen-bond acceptors (Lipinski definition) is 5. The highest BCUT2D eigenvalue weighted by atomic mass is 32.1. The average Bonchev–Trinajstić information content (AvgIpc) is 3.17. The van der Waals surface area contributed by atoms with Crippen molar-refractivity contribution in [2.24, 2.45) is 0 Å².